The van der Waals surface area contributed by atoms with Gasteiger partial charge in [-0.3, -0.25) is 19.4 Å². The average molecular weight is 472 g/mol. The van der Waals surface area contributed by atoms with E-state index >= 15 is 0 Å². The van der Waals surface area contributed by atoms with E-state index in [1.807, 2.05) is 47.1 Å². The van der Waals surface area contributed by atoms with E-state index in [0.717, 1.165) is 37.6 Å². The van der Waals surface area contributed by atoms with E-state index in [1.165, 1.54) is 12.7 Å². The van der Waals surface area contributed by atoms with E-state index < -0.39 is 6.04 Å². The standard InChI is InChI=1S/C26H37N3O5/c1-21-9-10-24(34-21)19-29(12-11-23-7-5-4-6-8-23)25(30)20-28(22(2)26(31)32-3)14-13-27-15-17-33-18-16-27/h4-10,22H,11-20H2,1-3H3. The van der Waals surface area contributed by atoms with Gasteiger partial charge in [0.15, 0.2) is 0 Å². The van der Waals surface area contributed by atoms with Crippen LogP contribution in [0.3, 0.4) is 0 Å². The number of amides is 1. The van der Waals surface area contributed by atoms with Crippen LogP contribution in [0.4, 0.5) is 0 Å². The van der Waals surface area contributed by atoms with Crippen LogP contribution < -0.4 is 0 Å². The minimum Gasteiger partial charge on any atom is -0.468 e. The number of ether oxygens (including phenoxy) is 2. The number of methoxy groups -OCH3 is 1. The number of rotatable bonds is 12. The molecule has 1 unspecified atom stereocenters. The topological polar surface area (TPSA) is 75.5 Å². The van der Waals surface area contributed by atoms with Gasteiger partial charge in [-0.2, -0.15) is 0 Å². The number of carbonyl (C=O) groups excluding carboxylic acids is 2. The monoisotopic (exact) mass is 471 g/mol. The lowest BCUT2D eigenvalue weighted by molar-refractivity contribution is -0.147. The molecule has 0 N–H and O–H groups in total. The summed E-state index contributed by atoms with van der Waals surface area (Å²) >= 11 is 0. The van der Waals surface area contributed by atoms with Crippen molar-refractivity contribution in [3.8, 4) is 0 Å². The van der Waals surface area contributed by atoms with Gasteiger partial charge in [-0.15, -0.1) is 0 Å². The second kappa shape index (κ2) is 13.3. The summed E-state index contributed by atoms with van der Waals surface area (Å²) in [4.78, 5) is 31.9. The highest BCUT2D eigenvalue weighted by Crippen LogP contribution is 2.13. The predicted molar refractivity (Wildman–Crippen MR) is 129 cm³/mol. The molecule has 1 aliphatic heterocycles. The van der Waals surface area contributed by atoms with E-state index in [9.17, 15) is 9.59 Å². The summed E-state index contributed by atoms with van der Waals surface area (Å²) in [7, 11) is 1.38. The van der Waals surface area contributed by atoms with Crippen LogP contribution in [0, 0.1) is 6.92 Å². The van der Waals surface area contributed by atoms with Crippen LogP contribution in [0.1, 0.15) is 24.0 Å². The molecule has 0 spiro atoms. The third-order valence-electron chi connectivity index (χ3n) is 6.24. The number of hydrogen-bond acceptors (Lipinski definition) is 7. The highest BCUT2D eigenvalue weighted by Gasteiger charge is 2.27. The molecule has 0 aliphatic carbocycles. The number of aryl methyl sites for hydroxylation is 1. The second-order valence-electron chi connectivity index (χ2n) is 8.69. The first-order valence-corrected chi connectivity index (χ1v) is 11.9. The number of morpholine rings is 1. The summed E-state index contributed by atoms with van der Waals surface area (Å²) in [5.74, 6) is 1.19. The second-order valence-corrected chi connectivity index (χ2v) is 8.69. The molecule has 1 aromatic carbocycles. The third kappa shape index (κ3) is 7.97. The highest BCUT2D eigenvalue weighted by atomic mass is 16.5. The molecule has 8 nitrogen and oxygen atoms in total. The first-order chi connectivity index (χ1) is 16.5. The minimum atomic E-state index is -0.517. The Balaban J connectivity index is 1.69. The number of esters is 1. The fourth-order valence-electron chi connectivity index (χ4n) is 4.06. The quantitative estimate of drug-likeness (QED) is 0.440. The van der Waals surface area contributed by atoms with Crippen LogP contribution in [-0.2, 0) is 32.0 Å². The Kier molecular flexibility index (Phi) is 10.1. The van der Waals surface area contributed by atoms with Gasteiger partial charge in [0.25, 0.3) is 0 Å². The fourth-order valence-corrected chi connectivity index (χ4v) is 4.06. The molecule has 1 fully saturated rings. The van der Waals surface area contributed by atoms with Gasteiger partial charge in [-0.05, 0) is 38.0 Å². The summed E-state index contributed by atoms with van der Waals surface area (Å²) < 4.78 is 16.2. The van der Waals surface area contributed by atoms with Gasteiger partial charge in [-0.25, -0.2) is 0 Å². The molecule has 2 heterocycles. The first-order valence-electron chi connectivity index (χ1n) is 11.9. The van der Waals surface area contributed by atoms with Crippen molar-refractivity contribution in [1.29, 1.82) is 0 Å². The molecule has 1 aromatic heterocycles. The first kappa shape index (κ1) is 25.9. The normalized spacial score (nSPS) is 15.3. The van der Waals surface area contributed by atoms with E-state index in [4.69, 9.17) is 13.9 Å². The molecule has 0 radical (unpaired) electrons. The molecule has 0 bridgehead atoms. The Morgan fingerprint density at radius 3 is 2.47 bits per heavy atom. The smallest absolute Gasteiger partial charge is 0.322 e. The van der Waals surface area contributed by atoms with E-state index in [-0.39, 0.29) is 18.4 Å². The van der Waals surface area contributed by atoms with Crippen LogP contribution in [0.15, 0.2) is 46.9 Å². The van der Waals surface area contributed by atoms with E-state index in [2.05, 4.69) is 17.0 Å². The van der Waals surface area contributed by atoms with Crippen molar-refractivity contribution >= 4 is 11.9 Å². The Morgan fingerprint density at radius 2 is 1.82 bits per heavy atom. The van der Waals surface area contributed by atoms with E-state index in [1.54, 1.807) is 6.92 Å². The molecule has 8 heteroatoms. The number of benzene rings is 1. The molecular weight excluding hydrogens is 434 g/mol. The lowest BCUT2D eigenvalue weighted by Gasteiger charge is -2.33. The zero-order valence-corrected chi connectivity index (χ0v) is 20.6. The van der Waals surface area contributed by atoms with Crippen molar-refractivity contribution in [2.24, 2.45) is 0 Å². The summed E-state index contributed by atoms with van der Waals surface area (Å²) in [6.45, 7) is 9.26. The molecule has 1 saturated heterocycles. The minimum absolute atomic E-state index is 0.0392. The van der Waals surface area contributed by atoms with Gasteiger partial charge in [0, 0.05) is 32.7 Å². The number of nitrogens with zero attached hydrogens (tertiary/aromatic N) is 3. The Labute approximate surface area is 202 Å². The Morgan fingerprint density at radius 1 is 1.09 bits per heavy atom. The molecule has 186 valence electrons. The van der Waals surface area contributed by atoms with Gasteiger partial charge in [0.05, 0.1) is 33.4 Å². The lowest BCUT2D eigenvalue weighted by atomic mass is 10.1. The number of carbonyl (C=O) groups is 2. The van der Waals surface area contributed by atoms with Crippen molar-refractivity contribution in [3.63, 3.8) is 0 Å². The third-order valence-corrected chi connectivity index (χ3v) is 6.24. The van der Waals surface area contributed by atoms with Gasteiger partial charge in [0.2, 0.25) is 5.91 Å². The predicted octanol–water partition coefficient (Wildman–Crippen LogP) is 2.36. The average Bonchev–Trinajstić information content (AvgIpc) is 3.28. The SMILES string of the molecule is COC(=O)C(C)N(CCN1CCOCC1)CC(=O)N(CCc1ccccc1)Cc1ccc(C)o1. The number of hydrogen-bond donors (Lipinski definition) is 0. The molecule has 3 rings (SSSR count). The van der Waals surface area contributed by atoms with Crippen molar-refractivity contribution in [2.45, 2.75) is 32.9 Å². The Bertz CT molecular complexity index is 895. The summed E-state index contributed by atoms with van der Waals surface area (Å²) in [5, 5.41) is 0. The summed E-state index contributed by atoms with van der Waals surface area (Å²) in [6.07, 6.45) is 0.743. The molecule has 1 amide bonds. The molecule has 1 aliphatic rings. The fraction of sp³-hybridized carbons (Fsp3) is 0.538. The maximum absolute atomic E-state index is 13.5. The van der Waals surface area contributed by atoms with Crippen LogP contribution in [0.5, 0.6) is 0 Å². The van der Waals surface area contributed by atoms with Gasteiger partial charge in [-0.1, -0.05) is 30.3 Å². The Hall–Kier alpha value is -2.68. The maximum atomic E-state index is 13.5. The van der Waals surface area contributed by atoms with Crippen LogP contribution in [0.25, 0.3) is 0 Å². The van der Waals surface area contributed by atoms with Gasteiger partial charge >= 0.3 is 5.97 Å². The molecule has 0 saturated carbocycles. The molecule has 34 heavy (non-hydrogen) atoms. The van der Waals surface area contributed by atoms with Gasteiger partial charge in [0.1, 0.15) is 17.6 Å². The van der Waals surface area contributed by atoms with Crippen LogP contribution >= 0.6 is 0 Å². The van der Waals surface area contributed by atoms with Crippen molar-refractivity contribution in [3.05, 3.63) is 59.5 Å². The zero-order chi connectivity index (χ0) is 24.3. The highest BCUT2D eigenvalue weighted by molar-refractivity contribution is 5.80. The molecular formula is C26H37N3O5. The number of furan rings is 1. The molecule has 2 aromatic rings. The largest absolute Gasteiger partial charge is 0.468 e. The van der Waals surface area contributed by atoms with Crippen molar-refractivity contribution in [1.82, 2.24) is 14.7 Å². The van der Waals surface area contributed by atoms with Crippen molar-refractivity contribution < 1.29 is 23.5 Å². The van der Waals surface area contributed by atoms with Crippen LogP contribution in [0.2, 0.25) is 0 Å². The molecule has 1 atom stereocenters. The van der Waals surface area contributed by atoms with E-state index in [0.29, 0.717) is 32.8 Å². The summed E-state index contributed by atoms with van der Waals surface area (Å²) in [5.41, 5.74) is 1.17. The van der Waals surface area contributed by atoms with Gasteiger partial charge < -0.3 is 18.8 Å². The van der Waals surface area contributed by atoms with Crippen LogP contribution in [-0.4, -0.2) is 92.2 Å². The zero-order valence-electron chi connectivity index (χ0n) is 20.6. The summed E-state index contributed by atoms with van der Waals surface area (Å²) in [6, 6.07) is 13.4. The maximum Gasteiger partial charge on any atom is 0.322 e. The lowest BCUT2D eigenvalue weighted by Crippen LogP contribution is -2.50. The van der Waals surface area contributed by atoms with Crippen molar-refractivity contribution in [2.75, 3.05) is 59.6 Å².